The van der Waals surface area contributed by atoms with Crippen molar-refractivity contribution in [2.24, 2.45) is 0 Å². The van der Waals surface area contributed by atoms with Crippen molar-refractivity contribution < 1.29 is 14.3 Å². The van der Waals surface area contributed by atoms with Gasteiger partial charge in [0.1, 0.15) is 0 Å². The van der Waals surface area contributed by atoms with Crippen LogP contribution in [0.3, 0.4) is 0 Å². The summed E-state index contributed by atoms with van der Waals surface area (Å²) in [5.74, 6) is -0.0429. The number of benzene rings is 1. The van der Waals surface area contributed by atoms with Gasteiger partial charge in [0.25, 0.3) is 5.91 Å². The van der Waals surface area contributed by atoms with Crippen molar-refractivity contribution in [1.82, 2.24) is 5.32 Å². The second kappa shape index (κ2) is 9.80. The minimum atomic E-state index is -0.0429. The molecule has 0 atom stereocenters. The Kier molecular flexibility index (Phi) is 8.34. The van der Waals surface area contributed by atoms with Gasteiger partial charge in [0.2, 0.25) is 0 Å². The molecular weight excluding hydrogens is 274 g/mol. The lowest BCUT2D eigenvalue weighted by molar-refractivity contribution is 0.0686. The van der Waals surface area contributed by atoms with Gasteiger partial charge in [0, 0.05) is 30.7 Å². The molecule has 0 unspecified atom stereocenters. The quantitative estimate of drug-likeness (QED) is 0.544. The van der Waals surface area contributed by atoms with Crippen molar-refractivity contribution in [2.75, 3.05) is 33.5 Å². The van der Waals surface area contributed by atoms with Crippen LogP contribution in [0.2, 0.25) is 0 Å². The highest BCUT2D eigenvalue weighted by Crippen LogP contribution is 2.13. The molecule has 20 heavy (non-hydrogen) atoms. The van der Waals surface area contributed by atoms with E-state index in [1.54, 1.807) is 13.2 Å². The summed E-state index contributed by atoms with van der Waals surface area (Å²) in [6.45, 7) is 4.52. The van der Waals surface area contributed by atoms with Crippen LogP contribution in [0.4, 0.5) is 0 Å². The summed E-state index contributed by atoms with van der Waals surface area (Å²) in [5, 5.41) is 2.92. The lowest BCUT2D eigenvalue weighted by Crippen LogP contribution is -2.25. The fourth-order valence-corrected chi connectivity index (χ4v) is 1.93. The van der Waals surface area contributed by atoms with Crippen molar-refractivity contribution in [3.63, 3.8) is 0 Å². The molecule has 1 aromatic rings. The number of hydrogen-bond acceptors (Lipinski definition) is 4. The van der Waals surface area contributed by atoms with Crippen molar-refractivity contribution in [1.29, 1.82) is 0 Å². The van der Waals surface area contributed by atoms with Crippen LogP contribution < -0.4 is 5.32 Å². The molecule has 0 aliphatic rings. The molecule has 0 heterocycles. The van der Waals surface area contributed by atoms with E-state index in [2.05, 4.69) is 17.9 Å². The van der Waals surface area contributed by atoms with Gasteiger partial charge in [-0.1, -0.05) is 6.07 Å². The van der Waals surface area contributed by atoms with Gasteiger partial charge >= 0.3 is 0 Å². The van der Waals surface area contributed by atoms with Crippen molar-refractivity contribution >= 4 is 18.5 Å². The standard InChI is InChI=1S/C15H23NO3S/c1-12-5-6-13(20)11-14(12)15(17)16-7-3-4-8-19-10-9-18-2/h5-6,11,20H,3-4,7-10H2,1-2H3,(H,16,17). The van der Waals surface area contributed by atoms with Gasteiger partial charge in [-0.05, 0) is 37.5 Å². The van der Waals surface area contributed by atoms with Gasteiger partial charge in [0.05, 0.1) is 13.2 Å². The first-order valence-corrected chi connectivity index (χ1v) is 7.24. The fraction of sp³-hybridized carbons (Fsp3) is 0.533. The maximum atomic E-state index is 12.0. The number of hydrogen-bond donors (Lipinski definition) is 2. The zero-order chi connectivity index (χ0) is 14.8. The summed E-state index contributed by atoms with van der Waals surface area (Å²) in [6, 6.07) is 5.58. The summed E-state index contributed by atoms with van der Waals surface area (Å²) < 4.78 is 10.2. The van der Waals surface area contributed by atoms with E-state index in [0.29, 0.717) is 31.9 Å². The Morgan fingerprint density at radius 3 is 2.80 bits per heavy atom. The molecule has 0 bridgehead atoms. The molecule has 0 fully saturated rings. The fourth-order valence-electron chi connectivity index (χ4n) is 1.73. The number of ether oxygens (including phenoxy) is 2. The number of rotatable bonds is 9. The van der Waals surface area contributed by atoms with Crippen LogP contribution in [-0.2, 0) is 9.47 Å². The minimum Gasteiger partial charge on any atom is -0.382 e. The largest absolute Gasteiger partial charge is 0.382 e. The number of amides is 1. The number of thiol groups is 1. The van der Waals surface area contributed by atoms with Gasteiger partial charge in [-0.25, -0.2) is 0 Å². The molecule has 0 radical (unpaired) electrons. The third-order valence-corrected chi connectivity index (χ3v) is 3.18. The summed E-state index contributed by atoms with van der Waals surface area (Å²) >= 11 is 4.25. The molecule has 4 nitrogen and oxygen atoms in total. The highest BCUT2D eigenvalue weighted by atomic mass is 32.1. The average molecular weight is 297 g/mol. The first-order chi connectivity index (χ1) is 9.65. The van der Waals surface area contributed by atoms with Crippen LogP contribution in [0.25, 0.3) is 0 Å². The highest BCUT2D eigenvalue weighted by molar-refractivity contribution is 7.80. The van der Waals surface area contributed by atoms with Gasteiger partial charge in [-0.3, -0.25) is 4.79 Å². The molecule has 0 aliphatic carbocycles. The van der Waals surface area contributed by atoms with Gasteiger partial charge in [-0.15, -0.1) is 12.6 Å². The van der Waals surface area contributed by atoms with E-state index in [0.717, 1.165) is 23.3 Å². The first-order valence-electron chi connectivity index (χ1n) is 6.79. The molecule has 0 saturated carbocycles. The predicted octanol–water partition coefficient (Wildman–Crippen LogP) is 2.46. The highest BCUT2D eigenvalue weighted by Gasteiger charge is 2.08. The third kappa shape index (κ3) is 6.41. The van der Waals surface area contributed by atoms with Gasteiger partial charge < -0.3 is 14.8 Å². The number of methoxy groups -OCH3 is 1. The molecule has 1 N–H and O–H groups in total. The van der Waals surface area contributed by atoms with Crippen LogP contribution in [0.15, 0.2) is 23.1 Å². The smallest absolute Gasteiger partial charge is 0.251 e. The Labute approximate surface area is 126 Å². The molecule has 0 saturated heterocycles. The third-order valence-electron chi connectivity index (χ3n) is 2.90. The maximum Gasteiger partial charge on any atom is 0.251 e. The van der Waals surface area contributed by atoms with E-state index < -0.39 is 0 Å². The van der Waals surface area contributed by atoms with Gasteiger partial charge in [-0.2, -0.15) is 0 Å². The van der Waals surface area contributed by atoms with Crippen LogP contribution in [0.1, 0.15) is 28.8 Å². The monoisotopic (exact) mass is 297 g/mol. The predicted molar refractivity (Wildman–Crippen MR) is 82.7 cm³/mol. The molecule has 0 aliphatic heterocycles. The van der Waals surface area contributed by atoms with Crippen molar-refractivity contribution in [2.45, 2.75) is 24.7 Å². The van der Waals surface area contributed by atoms with Crippen LogP contribution in [-0.4, -0.2) is 39.4 Å². The molecule has 1 amide bonds. The number of carbonyl (C=O) groups is 1. The lowest BCUT2D eigenvalue weighted by Gasteiger charge is -2.08. The second-order valence-electron chi connectivity index (χ2n) is 4.57. The Hall–Kier alpha value is -1.04. The van der Waals surface area contributed by atoms with Crippen molar-refractivity contribution in [3.8, 4) is 0 Å². The van der Waals surface area contributed by atoms with Crippen LogP contribution in [0.5, 0.6) is 0 Å². The summed E-state index contributed by atoms with van der Waals surface area (Å²) in [4.78, 5) is 12.8. The number of aryl methyl sites for hydroxylation is 1. The molecule has 1 rings (SSSR count). The van der Waals surface area contributed by atoms with Gasteiger partial charge in [0.15, 0.2) is 0 Å². The zero-order valence-corrected chi connectivity index (χ0v) is 13.0. The number of unbranched alkanes of at least 4 members (excludes halogenated alkanes) is 1. The lowest BCUT2D eigenvalue weighted by atomic mass is 10.1. The molecule has 112 valence electrons. The Balaban J connectivity index is 2.18. The molecular formula is C15H23NO3S. The second-order valence-corrected chi connectivity index (χ2v) is 5.08. The Morgan fingerprint density at radius 1 is 1.25 bits per heavy atom. The average Bonchev–Trinajstić information content (AvgIpc) is 2.44. The topological polar surface area (TPSA) is 47.6 Å². The van der Waals surface area contributed by atoms with Crippen molar-refractivity contribution in [3.05, 3.63) is 29.3 Å². The number of nitrogens with one attached hydrogen (secondary N) is 1. The SMILES string of the molecule is COCCOCCCCNC(=O)c1cc(S)ccc1C. The van der Waals surface area contributed by atoms with E-state index >= 15 is 0 Å². The van der Waals surface area contributed by atoms with Crippen LogP contribution >= 0.6 is 12.6 Å². The summed E-state index contributed by atoms with van der Waals surface area (Å²) in [5.41, 5.74) is 1.65. The molecule has 0 spiro atoms. The summed E-state index contributed by atoms with van der Waals surface area (Å²) in [6.07, 6.45) is 1.83. The first kappa shape index (κ1) is 17.0. The molecule has 5 heteroatoms. The zero-order valence-electron chi connectivity index (χ0n) is 12.1. The number of carbonyl (C=O) groups excluding carboxylic acids is 1. The minimum absolute atomic E-state index is 0.0429. The molecule has 1 aromatic carbocycles. The van der Waals surface area contributed by atoms with Crippen LogP contribution in [0, 0.1) is 6.92 Å². The molecule has 0 aromatic heterocycles. The Bertz CT molecular complexity index is 424. The van der Waals surface area contributed by atoms with E-state index in [9.17, 15) is 4.79 Å². The maximum absolute atomic E-state index is 12.0. The van der Waals surface area contributed by atoms with E-state index in [1.165, 1.54) is 0 Å². The Morgan fingerprint density at radius 2 is 2.05 bits per heavy atom. The normalized spacial score (nSPS) is 10.6. The van der Waals surface area contributed by atoms with E-state index in [4.69, 9.17) is 9.47 Å². The van der Waals surface area contributed by atoms with E-state index in [-0.39, 0.29) is 5.91 Å². The summed E-state index contributed by atoms with van der Waals surface area (Å²) in [7, 11) is 1.65. The van der Waals surface area contributed by atoms with E-state index in [1.807, 2.05) is 19.1 Å².